The van der Waals surface area contributed by atoms with Crippen LogP contribution in [0.2, 0.25) is 0 Å². The molecule has 0 saturated heterocycles. The first kappa shape index (κ1) is 36.3. The SMILES string of the molecule is c1ccc(-c2cccc(-c3nc(-c4ccccc4)nc(-c4ccc(-c5cccc6c7cc8c(cc7n(-c7ccccc7)c56)c(-c5ccccc5)nc5ccccc58)cc4)n3)c2)cc1. The van der Waals surface area contributed by atoms with E-state index in [4.69, 9.17) is 19.9 Å². The van der Waals surface area contributed by atoms with Gasteiger partial charge in [-0.25, -0.2) is 19.9 Å². The van der Waals surface area contributed by atoms with Crippen LogP contribution >= 0.6 is 0 Å². The lowest BCUT2D eigenvalue weighted by molar-refractivity contribution is 1.07. The Labute approximate surface area is 364 Å². The van der Waals surface area contributed by atoms with Gasteiger partial charge in [-0.2, -0.15) is 0 Å². The molecule has 0 fully saturated rings. The van der Waals surface area contributed by atoms with Gasteiger partial charge in [0.25, 0.3) is 0 Å². The molecule has 3 heterocycles. The molecule has 3 aromatic heterocycles. The fourth-order valence-electron chi connectivity index (χ4n) is 9.02. The van der Waals surface area contributed by atoms with Crippen molar-refractivity contribution in [3.8, 4) is 73.4 Å². The molecule has 0 unspecified atom stereocenters. The van der Waals surface area contributed by atoms with Gasteiger partial charge in [0, 0.05) is 55.0 Å². The molecule has 12 aromatic rings. The van der Waals surface area contributed by atoms with Gasteiger partial charge in [-0.1, -0.05) is 188 Å². The normalized spacial score (nSPS) is 11.5. The van der Waals surface area contributed by atoms with Crippen LogP contribution < -0.4 is 0 Å². The third-order valence-electron chi connectivity index (χ3n) is 12.0. The zero-order valence-corrected chi connectivity index (χ0v) is 34.1. The Morgan fingerprint density at radius 3 is 1.52 bits per heavy atom. The number of rotatable bonds is 7. The largest absolute Gasteiger partial charge is 0.309 e. The summed E-state index contributed by atoms with van der Waals surface area (Å²) < 4.78 is 2.42. The Morgan fingerprint density at radius 1 is 0.286 bits per heavy atom. The Bertz CT molecular complexity index is 3640. The summed E-state index contributed by atoms with van der Waals surface area (Å²) in [6.07, 6.45) is 0. The predicted octanol–water partition coefficient (Wildman–Crippen LogP) is 14.7. The van der Waals surface area contributed by atoms with Crippen LogP contribution in [0.5, 0.6) is 0 Å². The molecular formula is C58H37N5. The van der Waals surface area contributed by atoms with E-state index >= 15 is 0 Å². The molecule has 0 bridgehead atoms. The third kappa shape index (κ3) is 6.42. The second kappa shape index (κ2) is 15.2. The fraction of sp³-hybridized carbons (Fsp3) is 0. The van der Waals surface area contributed by atoms with Gasteiger partial charge in [-0.15, -0.1) is 0 Å². The summed E-state index contributed by atoms with van der Waals surface area (Å²) in [7, 11) is 0. The van der Waals surface area contributed by atoms with Crippen LogP contribution in [0.1, 0.15) is 0 Å². The molecule has 0 aliphatic rings. The van der Waals surface area contributed by atoms with Gasteiger partial charge < -0.3 is 4.57 Å². The van der Waals surface area contributed by atoms with E-state index in [0.29, 0.717) is 17.5 Å². The standard InChI is InChI=1S/C58H37N5/c1-5-17-38(18-6-1)43-23-15-24-44(35-43)58-61-56(41-21-9-3-10-22-41)60-57(62-58)42-33-31-39(32-34-42)46-28-16-29-48-50-36-49-47-27-13-14-30-52(47)59-54(40-19-7-2-8-20-40)51(49)37-53(50)63(55(46)48)45-25-11-4-12-26-45/h1-37H. The van der Waals surface area contributed by atoms with E-state index in [-0.39, 0.29) is 0 Å². The van der Waals surface area contributed by atoms with Gasteiger partial charge in [-0.3, -0.25) is 0 Å². The molecule has 12 rings (SSSR count). The smallest absolute Gasteiger partial charge is 0.164 e. The molecular weight excluding hydrogens is 767 g/mol. The molecule has 9 aromatic carbocycles. The minimum absolute atomic E-state index is 0.619. The summed E-state index contributed by atoms with van der Waals surface area (Å²) in [5.74, 6) is 1.88. The molecule has 0 radical (unpaired) electrons. The number of fused-ring (bicyclic) bond motifs is 6. The molecule has 0 saturated carbocycles. The molecule has 63 heavy (non-hydrogen) atoms. The fourth-order valence-corrected chi connectivity index (χ4v) is 9.02. The first-order chi connectivity index (χ1) is 31.2. The van der Waals surface area contributed by atoms with Crippen molar-refractivity contribution < 1.29 is 0 Å². The highest BCUT2D eigenvalue weighted by atomic mass is 15.0. The first-order valence-corrected chi connectivity index (χ1v) is 21.2. The lowest BCUT2D eigenvalue weighted by Crippen LogP contribution is -2.00. The molecule has 0 aliphatic carbocycles. The van der Waals surface area contributed by atoms with Gasteiger partial charge in [-0.05, 0) is 58.5 Å². The highest BCUT2D eigenvalue weighted by Crippen LogP contribution is 2.43. The van der Waals surface area contributed by atoms with Crippen LogP contribution in [0.4, 0.5) is 0 Å². The van der Waals surface area contributed by atoms with Crippen molar-refractivity contribution in [2.45, 2.75) is 0 Å². The summed E-state index contributed by atoms with van der Waals surface area (Å²) >= 11 is 0. The van der Waals surface area contributed by atoms with Crippen molar-refractivity contribution in [2.24, 2.45) is 0 Å². The second-order valence-electron chi connectivity index (χ2n) is 15.8. The van der Waals surface area contributed by atoms with Crippen molar-refractivity contribution in [3.63, 3.8) is 0 Å². The molecule has 0 amide bonds. The molecule has 5 nitrogen and oxygen atoms in total. The number of para-hydroxylation sites is 3. The maximum Gasteiger partial charge on any atom is 0.164 e. The van der Waals surface area contributed by atoms with Gasteiger partial charge >= 0.3 is 0 Å². The van der Waals surface area contributed by atoms with Crippen LogP contribution in [-0.2, 0) is 0 Å². The average molecular weight is 804 g/mol. The minimum Gasteiger partial charge on any atom is -0.309 e. The zero-order valence-electron chi connectivity index (χ0n) is 34.1. The first-order valence-electron chi connectivity index (χ1n) is 21.2. The molecule has 5 heteroatoms. The second-order valence-corrected chi connectivity index (χ2v) is 15.8. The van der Waals surface area contributed by atoms with E-state index in [9.17, 15) is 0 Å². The van der Waals surface area contributed by atoms with Crippen LogP contribution in [-0.4, -0.2) is 24.5 Å². The van der Waals surface area contributed by atoms with E-state index in [1.807, 2.05) is 36.4 Å². The monoisotopic (exact) mass is 803 g/mol. The maximum atomic E-state index is 5.27. The van der Waals surface area contributed by atoms with Crippen molar-refractivity contribution in [2.75, 3.05) is 0 Å². The average Bonchev–Trinajstić information content (AvgIpc) is 3.70. The van der Waals surface area contributed by atoms with Crippen LogP contribution in [0, 0.1) is 0 Å². The van der Waals surface area contributed by atoms with Gasteiger partial charge in [0.05, 0.1) is 22.2 Å². The summed E-state index contributed by atoms with van der Waals surface area (Å²) in [6, 6.07) is 78.7. The lowest BCUT2D eigenvalue weighted by Gasteiger charge is -2.14. The number of hydrogen-bond donors (Lipinski definition) is 0. The van der Waals surface area contributed by atoms with Crippen LogP contribution in [0.3, 0.4) is 0 Å². The predicted molar refractivity (Wildman–Crippen MR) is 260 cm³/mol. The van der Waals surface area contributed by atoms with E-state index < -0.39 is 0 Å². The number of nitrogens with zero attached hydrogens (tertiary/aromatic N) is 5. The maximum absolute atomic E-state index is 5.27. The molecule has 0 spiro atoms. The number of benzene rings is 9. The molecule has 0 N–H and O–H groups in total. The van der Waals surface area contributed by atoms with Crippen molar-refractivity contribution >= 4 is 43.5 Å². The van der Waals surface area contributed by atoms with Crippen molar-refractivity contribution in [3.05, 3.63) is 224 Å². The summed E-state index contributed by atoms with van der Waals surface area (Å²) in [5, 5.41) is 5.83. The highest BCUT2D eigenvalue weighted by Gasteiger charge is 2.21. The van der Waals surface area contributed by atoms with E-state index in [1.165, 1.54) is 16.2 Å². The minimum atomic E-state index is 0.619. The van der Waals surface area contributed by atoms with Gasteiger partial charge in [0.15, 0.2) is 17.5 Å². The number of pyridine rings is 1. The van der Waals surface area contributed by atoms with E-state index in [2.05, 4.69) is 193 Å². The van der Waals surface area contributed by atoms with Crippen molar-refractivity contribution in [1.29, 1.82) is 0 Å². The zero-order chi connectivity index (χ0) is 41.7. The Morgan fingerprint density at radius 2 is 0.810 bits per heavy atom. The topological polar surface area (TPSA) is 56.5 Å². The number of aromatic nitrogens is 5. The molecule has 0 aliphatic heterocycles. The van der Waals surface area contributed by atoms with E-state index in [0.717, 1.165) is 83.2 Å². The van der Waals surface area contributed by atoms with E-state index in [1.54, 1.807) is 0 Å². The molecule has 0 atom stereocenters. The summed E-state index contributed by atoms with van der Waals surface area (Å²) in [5.41, 5.74) is 13.7. The van der Waals surface area contributed by atoms with Gasteiger partial charge in [0.1, 0.15) is 0 Å². The summed E-state index contributed by atoms with van der Waals surface area (Å²) in [6.45, 7) is 0. The van der Waals surface area contributed by atoms with Gasteiger partial charge in [0.2, 0.25) is 0 Å². The highest BCUT2D eigenvalue weighted by molar-refractivity contribution is 6.21. The van der Waals surface area contributed by atoms with Crippen molar-refractivity contribution in [1.82, 2.24) is 24.5 Å². The Balaban J connectivity index is 1.04. The lowest BCUT2D eigenvalue weighted by atomic mass is 9.97. The molecule has 294 valence electrons. The van der Waals surface area contributed by atoms with Crippen LogP contribution in [0.15, 0.2) is 224 Å². The summed E-state index contributed by atoms with van der Waals surface area (Å²) in [4.78, 5) is 20.5. The Hall–Kier alpha value is -8.54. The van der Waals surface area contributed by atoms with Crippen LogP contribution in [0.25, 0.3) is 117 Å². The Kier molecular flexibility index (Phi) is 8.75. The third-order valence-corrected chi connectivity index (χ3v) is 12.0. The quantitative estimate of drug-likeness (QED) is 0.151. The number of hydrogen-bond acceptors (Lipinski definition) is 4.